The first-order valence-electron chi connectivity index (χ1n) is 5.71. The van der Waals surface area contributed by atoms with E-state index < -0.39 is 0 Å². The van der Waals surface area contributed by atoms with E-state index in [1.165, 1.54) is 0 Å². The number of aromatic nitrogens is 3. The Morgan fingerprint density at radius 3 is 3.12 bits per heavy atom. The van der Waals surface area contributed by atoms with Gasteiger partial charge in [-0.3, -0.25) is 0 Å². The SMILES string of the molecule is Clc1cccc(-c2nncn2C2CCNC2)c1. The van der Waals surface area contributed by atoms with Crippen LogP contribution in [0, 0.1) is 0 Å². The minimum absolute atomic E-state index is 0.444. The normalized spacial score (nSPS) is 19.7. The van der Waals surface area contributed by atoms with Crippen molar-refractivity contribution in [1.82, 2.24) is 20.1 Å². The highest BCUT2D eigenvalue weighted by atomic mass is 35.5. The van der Waals surface area contributed by atoms with Crippen molar-refractivity contribution >= 4 is 11.6 Å². The second-order valence-corrected chi connectivity index (χ2v) is 4.66. The standard InChI is InChI=1S/C12H13ClN4/c13-10-3-1-2-9(6-10)12-16-15-8-17(12)11-4-5-14-7-11/h1-3,6,8,11,14H,4-5,7H2. The van der Waals surface area contributed by atoms with E-state index >= 15 is 0 Å². The first-order chi connectivity index (χ1) is 8.34. The maximum Gasteiger partial charge on any atom is 0.164 e. The van der Waals surface area contributed by atoms with E-state index in [4.69, 9.17) is 11.6 Å². The number of nitrogens with one attached hydrogen (secondary N) is 1. The van der Waals surface area contributed by atoms with Gasteiger partial charge in [-0.15, -0.1) is 10.2 Å². The summed E-state index contributed by atoms with van der Waals surface area (Å²) in [4.78, 5) is 0. The zero-order valence-electron chi connectivity index (χ0n) is 9.31. The Bertz CT molecular complexity index is 517. The molecule has 1 N–H and O–H groups in total. The molecule has 5 heteroatoms. The van der Waals surface area contributed by atoms with Crippen molar-refractivity contribution in [2.24, 2.45) is 0 Å². The van der Waals surface area contributed by atoms with E-state index in [2.05, 4.69) is 20.1 Å². The summed E-state index contributed by atoms with van der Waals surface area (Å²) >= 11 is 6.00. The molecule has 0 bridgehead atoms. The first kappa shape index (κ1) is 10.7. The highest BCUT2D eigenvalue weighted by Crippen LogP contribution is 2.25. The van der Waals surface area contributed by atoms with E-state index in [0.717, 1.165) is 35.9 Å². The van der Waals surface area contributed by atoms with E-state index in [9.17, 15) is 0 Å². The fourth-order valence-electron chi connectivity index (χ4n) is 2.22. The average molecular weight is 249 g/mol. The molecule has 1 aliphatic rings. The van der Waals surface area contributed by atoms with Gasteiger partial charge in [0.2, 0.25) is 0 Å². The number of nitrogens with zero attached hydrogens (tertiary/aromatic N) is 3. The van der Waals surface area contributed by atoms with Gasteiger partial charge in [0.05, 0.1) is 6.04 Å². The largest absolute Gasteiger partial charge is 0.315 e. The Labute approximate surface area is 105 Å². The molecule has 1 saturated heterocycles. The summed E-state index contributed by atoms with van der Waals surface area (Å²) in [5.41, 5.74) is 1.02. The van der Waals surface area contributed by atoms with E-state index in [0.29, 0.717) is 6.04 Å². The highest BCUT2D eigenvalue weighted by Gasteiger charge is 2.20. The van der Waals surface area contributed by atoms with Crippen molar-refractivity contribution in [3.05, 3.63) is 35.6 Å². The minimum Gasteiger partial charge on any atom is -0.315 e. The quantitative estimate of drug-likeness (QED) is 0.886. The van der Waals surface area contributed by atoms with Crippen LogP contribution in [0.1, 0.15) is 12.5 Å². The lowest BCUT2D eigenvalue weighted by Crippen LogP contribution is -2.13. The molecule has 1 aromatic heterocycles. The van der Waals surface area contributed by atoms with Gasteiger partial charge in [-0.05, 0) is 25.1 Å². The van der Waals surface area contributed by atoms with Gasteiger partial charge in [-0.25, -0.2) is 0 Å². The molecular weight excluding hydrogens is 236 g/mol. The molecular formula is C12H13ClN4. The van der Waals surface area contributed by atoms with Crippen LogP contribution in [0.2, 0.25) is 5.02 Å². The number of rotatable bonds is 2. The van der Waals surface area contributed by atoms with Crippen LogP contribution in [0.4, 0.5) is 0 Å². The van der Waals surface area contributed by atoms with Crippen LogP contribution < -0.4 is 5.32 Å². The van der Waals surface area contributed by atoms with Crippen LogP contribution in [0.25, 0.3) is 11.4 Å². The summed E-state index contributed by atoms with van der Waals surface area (Å²) in [5, 5.41) is 12.3. The molecule has 2 heterocycles. The second-order valence-electron chi connectivity index (χ2n) is 4.22. The Morgan fingerprint density at radius 1 is 1.41 bits per heavy atom. The van der Waals surface area contributed by atoms with Crippen molar-refractivity contribution in [3.8, 4) is 11.4 Å². The second kappa shape index (κ2) is 4.47. The fraction of sp³-hybridized carbons (Fsp3) is 0.333. The minimum atomic E-state index is 0.444. The van der Waals surface area contributed by atoms with E-state index in [1.54, 1.807) is 6.33 Å². The van der Waals surface area contributed by atoms with Gasteiger partial charge in [0, 0.05) is 17.1 Å². The summed E-state index contributed by atoms with van der Waals surface area (Å²) in [7, 11) is 0. The third-order valence-electron chi connectivity index (χ3n) is 3.08. The van der Waals surface area contributed by atoms with Crippen LogP contribution in [-0.2, 0) is 0 Å². The molecule has 1 aromatic carbocycles. The van der Waals surface area contributed by atoms with Crippen molar-refractivity contribution < 1.29 is 0 Å². The number of benzene rings is 1. The Kier molecular flexibility index (Phi) is 2.82. The van der Waals surface area contributed by atoms with Crippen molar-refractivity contribution in [3.63, 3.8) is 0 Å². The molecule has 1 aliphatic heterocycles. The monoisotopic (exact) mass is 248 g/mol. The van der Waals surface area contributed by atoms with E-state index in [-0.39, 0.29) is 0 Å². The molecule has 1 unspecified atom stereocenters. The fourth-order valence-corrected chi connectivity index (χ4v) is 2.41. The summed E-state index contributed by atoms with van der Waals surface area (Å²) in [6, 6.07) is 8.17. The molecule has 2 aromatic rings. The number of hydrogen-bond acceptors (Lipinski definition) is 3. The van der Waals surface area contributed by atoms with Gasteiger partial charge in [0.15, 0.2) is 5.82 Å². The summed E-state index contributed by atoms with van der Waals surface area (Å²) in [6.45, 7) is 2.03. The molecule has 1 atom stereocenters. The molecule has 88 valence electrons. The molecule has 3 rings (SSSR count). The van der Waals surface area contributed by atoms with Crippen LogP contribution in [0.15, 0.2) is 30.6 Å². The van der Waals surface area contributed by atoms with Crippen molar-refractivity contribution in [1.29, 1.82) is 0 Å². The lowest BCUT2D eigenvalue weighted by Gasteiger charge is -2.12. The summed E-state index contributed by atoms with van der Waals surface area (Å²) < 4.78 is 2.13. The van der Waals surface area contributed by atoms with Crippen LogP contribution in [0.5, 0.6) is 0 Å². The molecule has 1 fully saturated rings. The predicted molar refractivity (Wildman–Crippen MR) is 67.0 cm³/mol. The smallest absolute Gasteiger partial charge is 0.164 e. The Balaban J connectivity index is 2.00. The molecule has 4 nitrogen and oxygen atoms in total. The first-order valence-corrected chi connectivity index (χ1v) is 6.08. The van der Waals surface area contributed by atoms with Crippen molar-refractivity contribution in [2.75, 3.05) is 13.1 Å². The predicted octanol–water partition coefficient (Wildman–Crippen LogP) is 2.13. The zero-order chi connectivity index (χ0) is 11.7. The third kappa shape index (κ3) is 2.06. The van der Waals surface area contributed by atoms with E-state index in [1.807, 2.05) is 24.3 Å². The van der Waals surface area contributed by atoms with Crippen LogP contribution >= 0.6 is 11.6 Å². The lowest BCUT2D eigenvalue weighted by molar-refractivity contribution is 0.550. The third-order valence-corrected chi connectivity index (χ3v) is 3.32. The van der Waals surface area contributed by atoms with Gasteiger partial charge >= 0.3 is 0 Å². The molecule has 0 aliphatic carbocycles. The molecule has 0 saturated carbocycles. The molecule has 17 heavy (non-hydrogen) atoms. The topological polar surface area (TPSA) is 42.7 Å². The molecule has 0 spiro atoms. The van der Waals surface area contributed by atoms with Crippen LogP contribution in [0.3, 0.4) is 0 Å². The maximum absolute atomic E-state index is 6.00. The van der Waals surface area contributed by atoms with Crippen molar-refractivity contribution in [2.45, 2.75) is 12.5 Å². The van der Waals surface area contributed by atoms with Gasteiger partial charge in [-0.1, -0.05) is 23.7 Å². The number of halogens is 1. The van der Waals surface area contributed by atoms with Gasteiger partial charge in [0.1, 0.15) is 6.33 Å². The zero-order valence-corrected chi connectivity index (χ0v) is 10.1. The highest BCUT2D eigenvalue weighted by molar-refractivity contribution is 6.30. The number of hydrogen-bond donors (Lipinski definition) is 1. The molecule has 0 radical (unpaired) electrons. The lowest BCUT2D eigenvalue weighted by atomic mass is 10.2. The Morgan fingerprint density at radius 2 is 2.35 bits per heavy atom. The maximum atomic E-state index is 6.00. The summed E-state index contributed by atoms with van der Waals surface area (Å²) in [6.07, 6.45) is 2.92. The van der Waals surface area contributed by atoms with Gasteiger partial charge in [-0.2, -0.15) is 0 Å². The van der Waals surface area contributed by atoms with Crippen LogP contribution in [-0.4, -0.2) is 27.9 Å². The summed E-state index contributed by atoms with van der Waals surface area (Å²) in [5.74, 6) is 0.890. The van der Waals surface area contributed by atoms with Gasteiger partial charge in [0.25, 0.3) is 0 Å². The average Bonchev–Trinajstić information content (AvgIpc) is 3.00. The Hall–Kier alpha value is -1.39. The van der Waals surface area contributed by atoms with Gasteiger partial charge < -0.3 is 9.88 Å². The molecule has 0 amide bonds.